The first-order valence-corrected chi connectivity index (χ1v) is 10.8. The molecule has 1 aliphatic rings. The third kappa shape index (κ3) is 5.94. The van der Waals surface area contributed by atoms with Crippen molar-refractivity contribution in [2.75, 3.05) is 47.0 Å². The molecule has 0 spiro atoms. The fourth-order valence-electron chi connectivity index (χ4n) is 3.59. The molecule has 0 N–H and O–H groups in total. The van der Waals surface area contributed by atoms with Crippen molar-refractivity contribution in [3.8, 4) is 17.2 Å². The molecule has 1 heterocycles. The lowest BCUT2D eigenvalue weighted by Gasteiger charge is -2.34. The number of hydrogen-bond acceptors (Lipinski definition) is 5. The Kier molecular flexibility index (Phi) is 8.13. The molecule has 2 aromatic carbocycles. The van der Waals surface area contributed by atoms with Crippen LogP contribution in [0.1, 0.15) is 21.5 Å². The Bertz CT molecular complexity index is 1040. The topological polar surface area (TPSA) is 68.3 Å². The first kappa shape index (κ1) is 23.9. The first-order chi connectivity index (χ1) is 16.0. The molecule has 0 unspecified atom stereocenters. The number of benzene rings is 2. The lowest BCUT2D eigenvalue weighted by atomic mass is 10.1. The van der Waals surface area contributed by atoms with Crippen LogP contribution in [-0.4, -0.2) is 68.6 Å². The van der Waals surface area contributed by atoms with Gasteiger partial charge in [-0.1, -0.05) is 24.8 Å². The number of carbonyl (C=O) groups is 2. The van der Waals surface area contributed by atoms with Gasteiger partial charge < -0.3 is 24.0 Å². The average molecular weight is 451 g/mol. The zero-order valence-electron chi connectivity index (χ0n) is 19.4. The normalized spacial score (nSPS) is 13.7. The van der Waals surface area contributed by atoms with Gasteiger partial charge in [0, 0.05) is 37.8 Å². The average Bonchev–Trinajstić information content (AvgIpc) is 2.86. The van der Waals surface area contributed by atoms with Gasteiger partial charge in [-0.05, 0) is 48.4 Å². The second kappa shape index (κ2) is 11.2. The van der Waals surface area contributed by atoms with Gasteiger partial charge >= 0.3 is 0 Å². The van der Waals surface area contributed by atoms with Crippen molar-refractivity contribution in [3.05, 3.63) is 71.8 Å². The largest absolute Gasteiger partial charge is 0.496 e. The summed E-state index contributed by atoms with van der Waals surface area (Å²) in [6, 6.07) is 10.9. The van der Waals surface area contributed by atoms with Crippen molar-refractivity contribution < 1.29 is 23.8 Å². The minimum absolute atomic E-state index is 0.0539. The Balaban J connectivity index is 1.57. The van der Waals surface area contributed by atoms with Crippen LogP contribution in [0.25, 0.3) is 6.08 Å². The Morgan fingerprint density at radius 1 is 0.939 bits per heavy atom. The first-order valence-electron chi connectivity index (χ1n) is 10.8. The van der Waals surface area contributed by atoms with Crippen LogP contribution in [0.3, 0.4) is 0 Å². The predicted molar refractivity (Wildman–Crippen MR) is 128 cm³/mol. The Hall–Kier alpha value is -3.74. The van der Waals surface area contributed by atoms with Crippen LogP contribution in [0, 0.1) is 6.92 Å². The summed E-state index contributed by atoms with van der Waals surface area (Å²) in [4.78, 5) is 29.0. The standard InChI is InChI=1S/C26H30N2O5/c1-5-16-33-22-10-7-20(17-24(22)32-4)8-11-25(29)27-12-14-28(15-13-27)26(30)21-9-6-19(2)23(18-21)31-3/h5-11,17-18H,1,12-16H2,2-4H3/b11-8+. The maximum Gasteiger partial charge on any atom is 0.254 e. The number of nitrogens with zero attached hydrogens (tertiary/aromatic N) is 2. The maximum atomic E-state index is 12.8. The summed E-state index contributed by atoms with van der Waals surface area (Å²) in [7, 11) is 3.16. The molecule has 0 aliphatic carbocycles. The molecule has 7 heteroatoms. The molecule has 0 saturated carbocycles. The van der Waals surface area contributed by atoms with Crippen LogP contribution in [0.5, 0.6) is 17.2 Å². The van der Waals surface area contributed by atoms with Crippen LogP contribution in [0.2, 0.25) is 0 Å². The van der Waals surface area contributed by atoms with Crippen LogP contribution in [0.15, 0.2) is 55.1 Å². The van der Waals surface area contributed by atoms with Crippen LogP contribution < -0.4 is 14.2 Å². The molecular weight excluding hydrogens is 420 g/mol. The van der Waals surface area contributed by atoms with Crippen molar-refractivity contribution in [1.29, 1.82) is 0 Å². The monoisotopic (exact) mass is 450 g/mol. The molecule has 3 rings (SSSR count). The summed E-state index contributed by atoms with van der Waals surface area (Å²) in [5.74, 6) is 1.75. The molecule has 0 bridgehead atoms. The molecule has 1 saturated heterocycles. The van der Waals surface area contributed by atoms with Gasteiger partial charge in [-0.15, -0.1) is 0 Å². The quantitative estimate of drug-likeness (QED) is 0.454. The van der Waals surface area contributed by atoms with Gasteiger partial charge in [0.25, 0.3) is 5.91 Å². The lowest BCUT2D eigenvalue weighted by molar-refractivity contribution is -0.127. The SMILES string of the molecule is C=CCOc1ccc(/C=C/C(=O)N2CCN(C(=O)c3ccc(C)c(OC)c3)CC2)cc1OC. The fourth-order valence-corrected chi connectivity index (χ4v) is 3.59. The number of rotatable bonds is 8. The molecule has 0 atom stereocenters. The molecule has 7 nitrogen and oxygen atoms in total. The van der Waals surface area contributed by atoms with E-state index in [1.54, 1.807) is 54.4 Å². The number of piperazine rings is 1. The van der Waals surface area contributed by atoms with E-state index in [0.29, 0.717) is 55.6 Å². The van der Waals surface area contributed by atoms with Gasteiger partial charge in [0.15, 0.2) is 11.5 Å². The van der Waals surface area contributed by atoms with E-state index in [2.05, 4.69) is 6.58 Å². The van der Waals surface area contributed by atoms with E-state index in [0.717, 1.165) is 11.1 Å². The number of aryl methyl sites for hydroxylation is 1. The van der Waals surface area contributed by atoms with Gasteiger partial charge in [0.1, 0.15) is 12.4 Å². The summed E-state index contributed by atoms with van der Waals surface area (Å²) in [6.07, 6.45) is 4.95. The van der Waals surface area contributed by atoms with Gasteiger partial charge in [0.2, 0.25) is 5.91 Å². The Morgan fingerprint density at radius 2 is 1.64 bits per heavy atom. The van der Waals surface area contributed by atoms with Crippen molar-refractivity contribution >= 4 is 17.9 Å². The summed E-state index contributed by atoms with van der Waals surface area (Å²) in [5.41, 5.74) is 2.40. The van der Waals surface area contributed by atoms with Gasteiger partial charge in [-0.2, -0.15) is 0 Å². The molecule has 2 amide bonds. The maximum absolute atomic E-state index is 12.8. The van der Waals surface area contributed by atoms with Gasteiger partial charge in [0.05, 0.1) is 14.2 Å². The van der Waals surface area contributed by atoms with Crippen molar-refractivity contribution in [2.24, 2.45) is 0 Å². The summed E-state index contributed by atoms with van der Waals surface area (Å²) < 4.78 is 16.2. The number of ether oxygens (including phenoxy) is 3. The van der Waals surface area contributed by atoms with Gasteiger partial charge in [-0.3, -0.25) is 9.59 Å². The molecule has 33 heavy (non-hydrogen) atoms. The summed E-state index contributed by atoms with van der Waals surface area (Å²) >= 11 is 0. The van der Waals surface area contributed by atoms with Crippen molar-refractivity contribution in [1.82, 2.24) is 9.80 Å². The highest BCUT2D eigenvalue weighted by Gasteiger charge is 2.24. The zero-order valence-corrected chi connectivity index (χ0v) is 19.4. The highest BCUT2D eigenvalue weighted by molar-refractivity contribution is 5.95. The number of carbonyl (C=O) groups excluding carboxylic acids is 2. The van der Waals surface area contributed by atoms with Crippen molar-refractivity contribution in [3.63, 3.8) is 0 Å². The summed E-state index contributed by atoms with van der Waals surface area (Å²) in [5, 5.41) is 0. The lowest BCUT2D eigenvalue weighted by Crippen LogP contribution is -2.50. The van der Waals surface area contributed by atoms with E-state index < -0.39 is 0 Å². The summed E-state index contributed by atoms with van der Waals surface area (Å²) in [6.45, 7) is 7.89. The Labute approximate surface area is 194 Å². The van der Waals surface area contributed by atoms with E-state index in [4.69, 9.17) is 14.2 Å². The number of amides is 2. The van der Waals surface area contributed by atoms with E-state index >= 15 is 0 Å². The molecule has 0 aromatic heterocycles. The second-order valence-corrected chi connectivity index (χ2v) is 7.65. The van der Waals surface area contributed by atoms with E-state index in [9.17, 15) is 9.59 Å². The van der Waals surface area contributed by atoms with Crippen LogP contribution in [-0.2, 0) is 4.79 Å². The highest BCUT2D eigenvalue weighted by atomic mass is 16.5. The third-order valence-electron chi connectivity index (χ3n) is 5.50. The third-order valence-corrected chi connectivity index (χ3v) is 5.50. The molecular formula is C26H30N2O5. The molecule has 174 valence electrons. The van der Waals surface area contributed by atoms with Gasteiger partial charge in [-0.25, -0.2) is 0 Å². The Morgan fingerprint density at radius 3 is 2.30 bits per heavy atom. The minimum atomic E-state index is -0.0925. The van der Waals surface area contributed by atoms with Crippen LogP contribution >= 0.6 is 0 Å². The molecule has 1 fully saturated rings. The molecule has 1 aliphatic heterocycles. The molecule has 2 aromatic rings. The second-order valence-electron chi connectivity index (χ2n) is 7.65. The fraction of sp³-hybridized carbons (Fsp3) is 0.308. The highest BCUT2D eigenvalue weighted by Crippen LogP contribution is 2.28. The zero-order chi connectivity index (χ0) is 23.8. The van der Waals surface area contributed by atoms with E-state index in [1.807, 2.05) is 31.2 Å². The number of hydrogen-bond donors (Lipinski definition) is 0. The van der Waals surface area contributed by atoms with Crippen LogP contribution in [0.4, 0.5) is 0 Å². The minimum Gasteiger partial charge on any atom is -0.496 e. The smallest absolute Gasteiger partial charge is 0.254 e. The number of methoxy groups -OCH3 is 2. The van der Waals surface area contributed by atoms with E-state index in [-0.39, 0.29) is 11.8 Å². The van der Waals surface area contributed by atoms with E-state index in [1.165, 1.54) is 0 Å². The molecule has 0 radical (unpaired) electrons. The van der Waals surface area contributed by atoms with Crippen molar-refractivity contribution in [2.45, 2.75) is 6.92 Å². The predicted octanol–water partition coefficient (Wildman–Crippen LogP) is 3.57.